The third kappa shape index (κ3) is 1.86. The lowest BCUT2D eigenvalue weighted by atomic mass is 10.1. The molecule has 1 fully saturated rings. The lowest BCUT2D eigenvalue weighted by molar-refractivity contribution is 0.419. The summed E-state index contributed by atoms with van der Waals surface area (Å²) >= 11 is 6.11. The van der Waals surface area contributed by atoms with Gasteiger partial charge in [-0.1, -0.05) is 30.6 Å². The van der Waals surface area contributed by atoms with Crippen LogP contribution >= 0.6 is 11.6 Å². The summed E-state index contributed by atoms with van der Waals surface area (Å²) in [7, 11) is 0. The highest BCUT2D eigenvalue weighted by Gasteiger charge is 2.49. The van der Waals surface area contributed by atoms with Gasteiger partial charge in [-0.2, -0.15) is 4.98 Å². The Bertz CT molecular complexity index is 606. The minimum atomic E-state index is 0.278. The molecule has 1 aliphatic rings. The second kappa shape index (κ2) is 3.72. The van der Waals surface area contributed by atoms with Crippen molar-refractivity contribution in [1.29, 1.82) is 0 Å². The molecule has 0 radical (unpaired) electrons. The van der Waals surface area contributed by atoms with Gasteiger partial charge in [0.05, 0.1) is 10.6 Å². The molecule has 2 aromatic rings. The molecule has 0 bridgehead atoms. The van der Waals surface area contributed by atoms with Gasteiger partial charge in [0.2, 0.25) is 0 Å². The Balaban J connectivity index is 1.96. The van der Waals surface area contributed by atoms with Crippen molar-refractivity contribution in [3.63, 3.8) is 0 Å². The van der Waals surface area contributed by atoms with Gasteiger partial charge in [0.25, 0.3) is 5.89 Å². The average molecular weight is 264 g/mol. The highest BCUT2D eigenvalue weighted by molar-refractivity contribution is 6.33. The van der Waals surface area contributed by atoms with E-state index in [4.69, 9.17) is 21.9 Å². The highest BCUT2D eigenvalue weighted by Crippen LogP contribution is 2.57. The number of benzene rings is 1. The first kappa shape index (κ1) is 11.5. The van der Waals surface area contributed by atoms with Crippen LogP contribution in [0.15, 0.2) is 22.7 Å². The molecule has 0 amide bonds. The summed E-state index contributed by atoms with van der Waals surface area (Å²) in [4.78, 5) is 4.42. The minimum Gasteiger partial charge on any atom is -0.399 e. The molecule has 0 spiro atoms. The molecule has 1 aliphatic carbocycles. The first-order chi connectivity index (χ1) is 8.47. The van der Waals surface area contributed by atoms with Crippen molar-refractivity contribution in [2.45, 2.75) is 26.2 Å². The van der Waals surface area contributed by atoms with Gasteiger partial charge in [-0.3, -0.25) is 0 Å². The lowest BCUT2D eigenvalue weighted by Crippen LogP contribution is -1.92. The fourth-order valence-electron chi connectivity index (χ4n) is 2.10. The molecular weight excluding hydrogens is 250 g/mol. The van der Waals surface area contributed by atoms with E-state index in [9.17, 15) is 0 Å². The van der Waals surface area contributed by atoms with E-state index in [0.29, 0.717) is 28.1 Å². The Morgan fingerprint density at radius 1 is 1.44 bits per heavy atom. The highest BCUT2D eigenvalue weighted by atomic mass is 35.5. The average Bonchev–Trinajstić information content (AvgIpc) is 2.77. The summed E-state index contributed by atoms with van der Waals surface area (Å²) in [6.45, 7) is 4.39. The number of nitrogens with two attached hydrogens (primary N) is 1. The third-order valence-corrected chi connectivity index (χ3v) is 3.82. The van der Waals surface area contributed by atoms with Crippen LogP contribution in [0.3, 0.4) is 0 Å². The number of rotatable bonds is 2. The fraction of sp³-hybridized carbons (Fsp3) is 0.385. The molecule has 5 heteroatoms. The smallest absolute Gasteiger partial charge is 0.259 e. The van der Waals surface area contributed by atoms with Gasteiger partial charge in [-0.25, -0.2) is 0 Å². The van der Waals surface area contributed by atoms with Gasteiger partial charge >= 0.3 is 0 Å². The Labute approximate surface area is 110 Å². The molecule has 4 nitrogen and oxygen atoms in total. The Kier molecular flexibility index (Phi) is 2.38. The van der Waals surface area contributed by atoms with Crippen molar-refractivity contribution in [2.75, 3.05) is 5.73 Å². The molecule has 3 rings (SSSR count). The van der Waals surface area contributed by atoms with Crippen LogP contribution in [0, 0.1) is 5.41 Å². The Hall–Kier alpha value is -1.55. The maximum absolute atomic E-state index is 6.11. The van der Waals surface area contributed by atoms with Crippen molar-refractivity contribution in [3.05, 3.63) is 29.0 Å². The zero-order valence-corrected chi connectivity index (χ0v) is 11.0. The van der Waals surface area contributed by atoms with Crippen LogP contribution in [0.2, 0.25) is 5.02 Å². The van der Waals surface area contributed by atoms with Gasteiger partial charge < -0.3 is 10.3 Å². The monoisotopic (exact) mass is 263 g/mol. The van der Waals surface area contributed by atoms with E-state index in [1.807, 2.05) is 0 Å². The first-order valence-electron chi connectivity index (χ1n) is 5.86. The molecule has 0 aliphatic heterocycles. The number of hydrogen-bond donors (Lipinski definition) is 1. The number of halogens is 1. The molecule has 1 aromatic carbocycles. The molecule has 1 atom stereocenters. The van der Waals surface area contributed by atoms with Gasteiger partial charge in [0.15, 0.2) is 5.82 Å². The van der Waals surface area contributed by atoms with Crippen LogP contribution in [0.1, 0.15) is 32.0 Å². The Morgan fingerprint density at radius 2 is 2.17 bits per heavy atom. The summed E-state index contributed by atoms with van der Waals surface area (Å²) < 4.78 is 5.28. The zero-order chi connectivity index (χ0) is 12.9. The van der Waals surface area contributed by atoms with E-state index >= 15 is 0 Å². The first-order valence-corrected chi connectivity index (χ1v) is 6.24. The third-order valence-electron chi connectivity index (χ3n) is 3.49. The zero-order valence-electron chi connectivity index (χ0n) is 10.3. The number of aromatic nitrogens is 2. The molecule has 1 saturated carbocycles. The number of anilines is 1. The fourth-order valence-corrected chi connectivity index (χ4v) is 2.30. The van der Waals surface area contributed by atoms with E-state index in [2.05, 4.69) is 24.0 Å². The summed E-state index contributed by atoms with van der Waals surface area (Å²) in [5, 5.41) is 4.60. The lowest BCUT2D eigenvalue weighted by Gasteiger charge is -1.99. The molecular formula is C13H14ClN3O. The van der Waals surface area contributed by atoms with E-state index in [-0.39, 0.29) is 5.41 Å². The van der Waals surface area contributed by atoms with E-state index in [1.54, 1.807) is 18.2 Å². The topological polar surface area (TPSA) is 64.9 Å². The van der Waals surface area contributed by atoms with Crippen molar-refractivity contribution < 1.29 is 4.52 Å². The van der Waals surface area contributed by atoms with Crippen LogP contribution < -0.4 is 5.73 Å². The van der Waals surface area contributed by atoms with Crippen molar-refractivity contribution >= 4 is 17.3 Å². The largest absolute Gasteiger partial charge is 0.399 e. The molecule has 1 unspecified atom stereocenters. The van der Waals surface area contributed by atoms with Crippen molar-refractivity contribution in [1.82, 2.24) is 10.1 Å². The number of nitrogen functional groups attached to an aromatic ring is 1. The van der Waals surface area contributed by atoms with Crippen LogP contribution in [0.4, 0.5) is 5.69 Å². The SMILES string of the molecule is CC1(C)CC1c1noc(-c2cc(N)ccc2Cl)n1. The van der Waals surface area contributed by atoms with Gasteiger partial charge in [-0.15, -0.1) is 0 Å². The predicted octanol–water partition coefficient (Wildman–Crippen LogP) is 3.49. The van der Waals surface area contributed by atoms with Crippen LogP contribution in [0.5, 0.6) is 0 Å². The summed E-state index contributed by atoms with van der Waals surface area (Å²) in [5.74, 6) is 1.58. The standard InChI is InChI=1S/C13H14ClN3O/c1-13(2)6-9(13)11-16-12(18-17-11)8-5-7(15)3-4-10(8)14/h3-5,9H,6,15H2,1-2H3. The maximum Gasteiger partial charge on any atom is 0.259 e. The Morgan fingerprint density at radius 3 is 2.83 bits per heavy atom. The number of hydrogen-bond acceptors (Lipinski definition) is 4. The van der Waals surface area contributed by atoms with Crippen LogP contribution in [-0.2, 0) is 0 Å². The molecule has 2 N–H and O–H groups in total. The summed E-state index contributed by atoms with van der Waals surface area (Å²) in [5.41, 5.74) is 7.33. The van der Waals surface area contributed by atoms with Gasteiger partial charge in [0.1, 0.15) is 0 Å². The molecule has 1 aromatic heterocycles. The number of nitrogens with zero attached hydrogens (tertiary/aromatic N) is 2. The second-order valence-corrected chi connectivity index (χ2v) is 5.85. The molecule has 94 valence electrons. The van der Waals surface area contributed by atoms with Crippen molar-refractivity contribution in [3.8, 4) is 11.5 Å². The molecule has 0 saturated heterocycles. The predicted molar refractivity (Wildman–Crippen MR) is 70.3 cm³/mol. The van der Waals surface area contributed by atoms with E-state index in [0.717, 1.165) is 12.2 Å². The maximum atomic E-state index is 6.11. The summed E-state index contributed by atoms with van der Waals surface area (Å²) in [6.07, 6.45) is 1.09. The molecule has 18 heavy (non-hydrogen) atoms. The second-order valence-electron chi connectivity index (χ2n) is 5.44. The van der Waals surface area contributed by atoms with Crippen LogP contribution in [0.25, 0.3) is 11.5 Å². The molecule has 1 heterocycles. The summed E-state index contributed by atoms with van der Waals surface area (Å²) in [6, 6.07) is 5.22. The van der Waals surface area contributed by atoms with Gasteiger partial charge in [-0.05, 0) is 30.0 Å². The van der Waals surface area contributed by atoms with Crippen LogP contribution in [-0.4, -0.2) is 10.1 Å². The minimum absolute atomic E-state index is 0.278. The van der Waals surface area contributed by atoms with Gasteiger partial charge in [0, 0.05) is 11.6 Å². The normalized spacial score (nSPS) is 20.9. The quantitative estimate of drug-likeness (QED) is 0.843. The van der Waals surface area contributed by atoms with E-state index in [1.165, 1.54) is 0 Å². The van der Waals surface area contributed by atoms with E-state index < -0.39 is 0 Å². The van der Waals surface area contributed by atoms with Crippen molar-refractivity contribution in [2.24, 2.45) is 5.41 Å².